The van der Waals surface area contributed by atoms with Crippen LogP contribution in [0.4, 0.5) is 5.69 Å². The van der Waals surface area contributed by atoms with Crippen LogP contribution < -0.4 is 10.5 Å². The molecule has 2 aromatic rings. The van der Waals surface area contributed by atoms with Crippen molar-refractivity contribution in [1.82, 2.24) is 9.36 Å². The molecule has 1 aromatic carbocycles. The predicted octanol–water partition coefficient (Wildman–Crippen LogP) is 1.26. The van der Waals surface area contributed by atoms with Gasteiger partial charge >= 0.3 is 0 Å². The summed E-state index contributed by atoms with van der Waals surface area (Å²) in [5, 5.41) is 9.51. The van der Waals surface area contributed by atoms with Gasteiger partial charge in [0.1, 0.15) is 11.4 Å². The van der Waals surface area contributed by atoms with Crippen molar-refractivity contribution >= 4 is 5.69 Å². The predicted molar refractivity (Wildman–Crippen MR) is 71.7 cm³/mol. The van der Waals surface area contributed by atoms with Crippen molar-refractivity contribution in [2.24, 2.45) is 7.05 Å². The summed E-state index contributed by atoms with van der Waals surface area (Å²) < 4.78 is 3.33. The van der Waals surface area contributed by atoms with Gasteiger partial charge in [0.25, 0.3) is 5.56 Å². The van der Waals surface area contributed by atoms with Crippen LogP contribution in [-0.2, 0) is 7.05 Å². The lowest BCUT2D eigenvalue weighted by atomic mass is 10.3. The molecule has 1 aromatic heterocycles. The Morgan fingerprint density at radius 1 is 1.28 bits per heavy atom. The van der Waals surface area contributed by atoms with Gasteiger partial charge < -0.3 is 10.0 Å². The summed E-state index contributed by atoms with van der Waals surface area (Å²) in [5.41, 5.74) is 2.10. The van der Waals surface area contributed by atoms with E-state index in [1.807, 2.05) is 28.1 Å². The van der Waals surface area contributed by atoms with Gasteiger partial charge in [0.15, 0.2) is 0 Å². The zero-order chi connectivity index (χ0) is 13.4. The largest absolute Gasteiger partial charge is 0.508 e. The summed E-state index contributed by atoms with van der Waals surface area (Å²) >= 11 is 0. The number of rotatable bonds is 2. The van der Waals surface area contributed by atoms with Crippen molar-refractivity contribution in [3.8, 4) is 11.4 Å². The van der Waals surface area contributed by atoms with E-state index in [0.717, 1.165) is 5.69 Å². The third-order valence-electron chi connectivity index (χ3n) is 3.04. The molecule has 0 fully saturated rings. The van der Waals surface area contributed by atoms with Crippen molar-refractivity contribution in [3.05, 3.63) is 40.3 Å². The van der Waals surface area contributed by atoms with Gasteiger partial charge in [-0.3, -0.25) is 9.48 Å². The van der Waals surface area contributed by atoms with E-state index in [2.05, 4.69) is 0 Å². The molecule has 0 saturated carbocycles. The van der Waals surface area contributed by atoms with Gasteiger partial charge in [0, 0.05) is 27.2 Å². The maximum Gasteiger partial charge on any atom is 0.295 e. The van der Waals surface area contributed by atoms with E-state index < -0.39 is 0 Å². The highest BCUT2D eigenvalue weighted by Crippen LogP contribution is 2.18. The molecule has 0 bridgehead atoms. The molecule has 0 amide bonds. The molecule has 0 radical (unpaired) electrons. The van der Waals surface area contributed by atoms with Gasteiger partial charge in [-0.1, -0.05) is 6.07 Å². The van der Waals surface area contributed by atoms with Crippen LogP contribution in [0, 0.1) is 6.92 Å². The second-order valence-electron chi connectivity index (χ2n) is 4.49. The first kappa shape index (κ1) is 12.3. The summed E-state index contributed by atoms with van der Waals surface area (Å²) in [4.78, 5) is 14.2. The maximum atomic E-state index is 12.4. The molecule has 5 heteroatoms. The van der Waals surface area contributed by atoms with E-state index in [0.29, 0.717) is 11.4 Å². The topological polar surface area (TPSA) is 50.4 Å². The number of hydrogen-bond acceptors (Lipinski definition) is 3. The van der Waals surface area contributed by atoms with Gasteiger partial charge in [0.2, 0.25) is 0 Å². The first-order valence-electron chi connectivity index (χ1n) is 5.69. The highest BCUT2D eigenvalue weighted by Gasteiger charge is 2.17. The minimum atomic E-state index is -0.0920. The maximum absolute atomic E-state index is 12.4. The van der Waals surface area contributed by atoms with Crippen LogP contribution in [0.15, 0.2) is 29.1 Å². The zero-order valence-corrected chi connectivity index (χ0v) is 11.0. The van der Waals surface area contributed by atoms with Crippen LogP contribution >= 0.6 is 0 Å². The Labute approximate surface area is 105 Å². The highest BCUT2D eigenvalue weighted by atomic mass is 16.3. The average Bonchev–Trinajstić information content (AvgIpc) is 2.50. The third-order valence-corrected chi connectivity index (χ3v) is 3.04. The Morgan fingerprint density at radius 2 is 1.94 bits per heavy atom. The standard InChI is InChI=1S/C13H17N3O2/c1-9-12(14(2)3)13(18)16(15(9)4)10-6-5-7-11(17)8-10/h5-8,17H,1-4H3. The molecule has 0 unspecified atom stereocenters. The highest BCUT2D eigenvalue weighted by molar-refractivity contribution is 5.51. The van der Waals surface area contributed by atoms with Crippen molar-refractivity contribution in [2.45, 2.75) is 6.92 Å². The van der Waals surface area contributed by atoms with Crippen molar-refractivity contribution in [2.75, 3.05) is 19.0 Å². The second kappa shape index (κ2) is 4.25. The minimum Gasteiger partial charge on any atom is -0.508 e. The fourth-order valence-electron chi connectivity index (χ4n) is 2.12. The molecule has 0 aliphatic rings. The SMILES string of the molecule is Cc1c(N(C)C)c(=O)n(-c2cccc(O)c2)n1C. The van der Waals surface area contributed by atoms with E-state index in [1.54, 1.807) is 38.5 Å². The molecule has 1 N–H and O–H groups in total. The van der Waals surface area contributed by atoms with Gasteiger partial charge in [-0.15, -0.1) is 0 Å². The van der Waals surface area contributed by atoms with Crippen molar-refractivity contribution < 1.29 is 5.11 Å². The number of nitrogens with zero attached hydrogens (tertiary/aromatic N) is 3. The first-order valence-corrected chi connectivity index (χ1v) is 5.69. The zero-order valence-electron chi connectivity index (χ0n) is 11.0. The lowest BCUT2D eigenvalue weighted by Gasteiger charge is -2.09. The van der Waals surface area contributed by atoms with Gasteiger partial charge in [-0.25, -0.2) is 4.68 Å². The fourth-order valence-corrected chi connectivity index (χ4v) is 2.12. The van der Waals surface area contributed by atoms with E-state index in [1.165, 1.54) is 0 Å². The Hall–Kier alpha value is -2.17. The quantitative estimate of drug-likeness (QED) is 0.869. The fraction of sp³-hybridized carbons (Fsp3) is 0.308. The van der Waals surface area contributed by atoms with Crippen LogP contribution in [0.25, 0.3) is 5.69 Å². The summed E-state index contributed by atoms with van der Waals surface area (Å²) in [7, 11) is 5.51. The molecule has 96 valence electrons. The second-order valence-corrected chi connectivity index (χ2v) is 4.49. The number of phenolic OH excluding ortho intramolecular Hbond substituents is 1. The number of aromatic nitrogens is 2. The normalized spacial score (nSPS) is 10.7. The molecule has 2 rings (SSSR count). The van der Waals surface area contributed by atoms with E-state index in [4.69, 9.17) is 0 Å². The van der Waals surface area contributed by atoms with E-state index in [-0.39, 0.29) is 11.3 Å². The van der Waals surface area contributed by atoms with Crippen LogP contribution in [0.5, 0.6) is 5.75 Å². The Balaban J connectivity index is 2.74. The monoisotopic (exact) mass is 247 g/mol. The lowest BCUT2D eigenvalue weighted by molar-refractivity contribution is 0.474. The van der Waals surface area contributed by atoms with Crippen LogP contribution in [0.3, 0.4) is 0 Å². The first-order chi connectivity index (χ1) is 8.43. The van der Waals surface area contributed by atoms with Gasteiger partial charge in [-0.2, -0.15) is 0 Å². The number of anilines is 1. The van der Waals surface area contributed by atoms with Crippen LogP contribution in [0.1, 0.15) is 5.69 Å². The number of hydrogen-bond donors (Lipinski definition) is 1. The molecule has 0 aliphatic heterocycles. The molecular formula is C13H17N3O2. The summed E-state index contributed by atoms with van der Waals surface area (Å²) in [5.74, 6) is 0.143. The smallest absolute Gasteiger partial charge is 0.295 e. The molecule has 18 heavy (non-hydrogen) atoms. The lowest BCUT2D eigenvalue weighted by Crippen LogP contribution is -2.23. The number of phenols is 1. The molecular weight excluding hydrogens is 230 g/mol. The Bertz CT molecular complexity index is 638. The van der Waals surface area contributed by atoms with Crippen LogP contribution in [-0.4, -0.2) is 28.6 Å². The molecule has 1 heterocycles. The molecule has 0 spiro atoms. The van der Waals surface area contributed by atoms with Crippen molar-refractivity contribution in [1.29, 1.82) is 0 Å². The Morgan fingerprint density at radius 3 is 2.44 bits per heavy atom. The third kappa shape index (κ3) is 1.77. The van der Waals surface area contributed by atoms with Crippen LogP contribution in [0.2, 0.25) is 0 Å². The molecule has 0 aliphatic carbocycles. The number of benzene rings is 1. The van der Waals surface area contributed by atoms with Crippen molar-refractivity contribution in [3.63, 3.8) is 0 Å². The average molecular weight is 247 g/mol. The molecule has 0 saturated heterocycles. The summed E-state index contributed by atoms with van der Waals surface area (Å²) in [6, 6.07) is 6.66. The molecule has 0 atom stereocenters. The van der Waals surface area contributed by atoms with Gasteiger partial charge in [-0.05, 0) is 19.1 Å². The van der Waals surface area contributed by atoms with Gasteiger partial charge in [0.05, 0.1) is 11.4 Å². The minimum absolute atomic E-state index is 0.0920. The Kier molecular flexibility index (Phi) is 2.90. The molecule has 5 nitrogen and oxygen atoms in total. The summed E-state index contributed by atoms with van der Waals surface area (Å²) in [6.07, 6.45) is 0. The number of aromatic hydroxyl groups is 1. The summed E-state index contributed by atoms with van der Waals surface area (Å²) in [6.45, 7) is 1.90. The van der Waals surface area contributed by atoms with E-state index >= 15 is 0 Å². The van der Waals surface area contributed by atoms with E-state index in [9.17, 15) is 9.90 Å².